The van der Waals surface area contributed by atoms with Crippen molar-refractivity contribution in [1.82, 2.24) is 10.2 Å². The van der Waals surface area contributed by atoms with E-state index in [1.165, 1.54) is 0 Å². The molecule has 0 unspecified atom stereocenters. The molecule has 0 aliphatic rings. The van der Waals surface area contributed by atoms with Gasteiger partial charge in [-0.2, -0.15) is 0 Å². The molecule has 1 aromatic heterocycles. The maximum absolute atomic E-state index is 12.0. The number of aryl methyl sites for hydroxylation is 1. The second-order valence-corrected chi connectivity index (χ2v) is 6.08. The fourth-order valence-corrected chi connectivity index (χ4v) is 2.86. The summed E-state index contributed by atoms with van der Waals surface area (Å²) in [5.41, 5.74) is 1.53. The summed E-state index contributed by atoms with van der Waals surface area (Å²) in [6.07, 6.45) is 0. The Bertz CT molecular complexity index is 642. The lowest BCUT2D eigenvalue weighted by molar-refractivity contribution is -0.133. The third-order valence-electron chi connectivity index (χ3n) is 2.23. The van der Waals surface area contributed by atoms with Gasteiger partial charge in [-0.15, -0.1) is 10.2 Å². The highest BCUT2D eigenvalue weighted by Gasteiger charge is 2.11. The molecule has 20 heavy (non-hydrogen) atoms. The van der Waals surface area contributed by atoms with Crippen LogP contribution in [0.5, 0.6) is 0 Å². The van der Waals surface area contributed by atoms with Crippen LogP contribution in [-0.4, -0.2) is 32.9 Å². The number of carbonyl (C=O) groups excluding carboxylic acids is 1. The van der Waals surface area contributed by atoms with Gasteiger partial charge in [0, 0.05) is 5.56 Å². The molecule has 0 saturated heterocycles. The van der Waals surface area contributed by atoms with E-state index in [4.69, 9.17) is 5.11 Å². The van der Waals surface area contributed by atoms with E-state index in [-0.39, 0.29) is 11.7 Å². The van der Waals surface area contributed by atoms with Gasteiger partial charge >= 0.3 is 5.97 Å². The molecule has 0 fully saturated rings. The number of rotatable bonds is 5. The lowest BCUT2D eigenvalue weighted by Crippen LogP contribution is -2.11. The van der Waals surface area contributed by atoms with Gasteiger partial charge in [0.15, 0.2) is 4.34 Å². The summed E-state index contributed by atoms with van der Waals surface area (Å²) in [6, 6.07) is 7.20. The number of aliphatic carboxylic acids is 1. The fraction of sp³-hybridized carbons (Fsp3) is 0.167. The molecule has 0 bridgehead atoms. The fourth-order valence-electron chi connectivity index (χ4n) is 1.40. The molecule has 1 aromatic carbocycles. The number of carboxylic acid groups (broad SMARTS) is 1. The van der Waals surface area contributed by atoms with Crippen LogP contribution in [0.1, 0.15) is 15.9 Å². The van der Waals surface area contributed by atoms with Gasteiger partial charge < -0.3 is 5.11 Å². The smallest absolute Gasteiger partial charge is 0.313 e. The highest BCUT2D eigenvalue weighted by Crippen LogP contribution is 2.25. The van der Waals surface area contributed by atoms with Gasteiger partial charge in [-0.05, 0) is 19.1 Å². The number of hydrogen-bond acceptors (Lipinski definition) is 6. The van der Waals surface area contributed by atoms with E-state index in [1.54, 1.807) is 18.2 Å². The lowest BCUT2D eigenvalue weighted by Gasteiger charge is -2.01. The van der Waals surface area contributed by atoms with Crippen molar-refractivity contribution in [2.75, 3.05) is 11.1 Å². The van der Waals surface area contributed by atoms with E-state index in [9.17, 15) is 9.59 Å². The molecule has 8 heteroatoms. The quantitative estimate of drug-likeness (QED) is 0.650. The summed E-state index contributed by atoms with van der Waals surface area (Å²) in [6.45, 7) is 1.91. The molecule has 0 spiro atoms. The first-order valence-corrected chi connectivity index (χ1v) is 7.41. The van der Waals surface area contributed by atoms with Crippen LogP contribution in [-0.2, 0) is 4.79 Å². The van der Waals surface area contributed by atoms with Crippen LogP contribution in [0.2, 0.25) is 0 Å². The Balaban J connectivity index is 1.99. The molecule has 0 atom stereocenters. The van der Waals surface area contributed by atoms with Crippen molar-refractivity contribution in [1.29, 1.82) is 0 Å². The van der Waals surface area contributed by atoms with Crippen molar-refractivity contribution in [3.8, 4) is 0 Å². The van der Waals surface area contributed by atoms with Crippen LogP contribution >= 0.6 is 23.1 Å². The standard InChI is InChI=1S/C12H11N3O3S2/c1-7-3-2-4-8(5-7)10(18)13-11-14-15-12(20-11)19-6-9(16)17/h2-5H,6H2,1H3,(H,16,17)(H,13,14,18). The first-order valence-electron chi connectivity index (χ1n) is 5.61. The summed E-state index contributed by atoms with van der Waals surface area (Å²) in [5, 5.41) is 19.2. The van der Waals surface area contributed by atoms with Gasteiger partial charge in [0.1, 0.15) is 0 Å². The Hall–Kier alpha value is -1.93. The van der Waals surface area contributed by atoms with E-state index in [0.29, 0.717) is 15.0 Å². The number of amides is 1. The molecule has 6 nitrogen and oxygen atoms in total. The maximum Gasteiger partial charge on any atom is 0.313 e. The molecule has 0 radical (unpaired) electrons. The minimum atomic E-state index is -0.921. The van der Waals surface area contributed by atoms with E-state index >= 15 is 0 Å². The zero-order chi connectivity index (χ0) is 14.5. The van der Waals surface area contributed by atoms with Gasteiger partial charge in [0.05, 0.1) is 5.75 Å². The minimum Gasteiger partial charge on any atom is -0.481 e. The first kappa shape index (κ1) is 14.5. The van der Waals surface area contributed by atoms with E-state index < -0.39 is 5.97 Å². The molecule has 1 heterocycles. The summed E-state index contributed by atoms with van der Waals surface area (Å²) in [7, 11) is 0. The van der Waals surface area contributed by atoms with Gasteiger partial charge in [-0.25, -0.2) is 0 Å². The SMILES string of the molecule is Cc1cccc(C(=O)Nc2nnc(SCC(=O)O)s2)c1. The Morgan fingerprint density at radius 3 is 2.90 bits per heavy atom. The van der Waals surface area contributed by atoms with Crippen molar-refractivity contribution in [2.45, 2.75) is 11.3 Å². The maximum atomic E-state index is 12.0. The van der Waals surface area contributed by atoms with E-state index in [1.807, 2.05) is 13.0 Å². The average Bonchev–Trinajstić information content (AvgIpc) is 2.84. The number of anilines is 1. The Morgan fingerprint density at radius 1 is 1.40 bits per heavy atom. The second-order valence-electron chi connectivity index (χ2n) is 3.88. The van der Waals surface area contributed by atoms with E-state index in [2.05, 4.69) is 15.5 Å². The van der Waals surface area contributed by atoms with Gasteiger partial charge in [-0.3, -0.25) is 14.9 Å². The Labute approximate surface area is 123 Å². The number of nitrogens with one attached hydrogen (secondary N) is 1. The van der Waals surface area contributed by atoms with Crippen molar-refractivity contribution in [2.24, 2.45) is 0 Å². The largest absolute Gasteiger partial charge is 0.481 e. The van der Waals surface area contributed by atoms with Crippen LogP contribution < -0.4 is 5.32 Å². The minimum absolute atomic E-state index is 0.0829. The topological polar surface area (TPSA) is 92.2 Å². The molecule has 2 rings (SSSR count). The van der Waals surface area contributed by atoms with Crippen molar-refractivity contribution >= 4 is 40.1 Å². The number of benzene rings is 1. The molecular formula is C12H11N3O3S2. The van der Waals surface area contributed by atoms with Gasteiger partial charge in [-0.1, -0.05) is 40.8 Å². The zero-order valence-corrected chi connectivity index (χ0v) is 12.1. The van der Waals surface area contributed by atoms with Crippen LogP contribution in [0.3, 0.4) is 0 Å². The molecule has 0 aliphatic heterocycles. The highest BCUT2D eigenvalue weighted by atomic mass is 32.2. The van der Waals surface area contributed by atoms with Crippen LogP contribution in [0, 0.1) is 6.92 Å². The van der Waals surface area contributed by atoms with Crippen LogP contribution in [0.25, 0.3) is 0 Å². The van der Waals surface area contributed by atoms with Crippen molar-refractivity contribution in [3.05, 3.63) is 35.4 Å². The van der Waals surface area contributed by atoms with Crippen molar-refractivity contribution in [3.63, 3.8) is 0 Å². The predicted molar refractivity (Wildman–Crippen MR) is 77.4 cm³/mol. The molecular weight excluding hydrogens is 298 g/mol. The summed E-state index contributed by atoms with van der Waals surface area (Å²) in [4.78, 5) is 22.4. The second kappa shape index (κ2) is 6.49. The molecule has 1 amide bonds. The average molecular weight is 309 g/mol. The number of aromatic nitrogens is 2. The normalized spacial score (nSPS) is 10.2. The van der Waals surface area contributed by atoms with Crippen LogP contribution in [0.15, 0.2) is 28.6 Å². The Morgan fingerprint density at radius 2 is 2.20 bits per heavy atom. The zero-order valence-electron chi connectivity index (χ0n) is 10.5. The molecule has 2 aromatic rings. The molecule has 0 saturated carbocycles. The highest BCUT2D eigenvalue weighted by molar-refractivity contribution is 8.01. The number of thioether (sulfide) groups is 1. The molecule has 2 N–H and O–H groups in total. The summed E-state index contributed by atoms with van der Waals surface area (Å²) < 4.78 is 0.506. The number of carboxylic acids is 1. The van der Waals surface area contributed by atoms with Crippen LogP contribution in [0.4, 0.5) is 5.13 Å². The first-order chi connectivity index (χ1) is 9.54. The number of carbonyl (C=O) groups is 2. The van der Waals surface area contributed by atoms with E-state index in [0.717, 1.165) is 28.7 Å². The third kappa shape index (κ3) is 4.04. The monoisotopic (exact) mass is 309 g/mol. The van der Waals surface area contributed by atoms with Crippen molar-refractivity contribution < 1.29 is 14.7 Å². The number of nitrogens with zero attached hydrogens (tertiary/aromatic N) is 2. The summed E-state index contributed by atoms with van der Waals surface area (Å²) in [5.74, 6) is -1.27. The number of hydrogen-bond donors (Lipinski definition) is 2. The summed E-state index contributed by atoms with van der Waals surface area (Å²) >= 11 is 2.22. The van der Waals surface area contributed by atoms with Gasteiger partial charge in [0.2, 0.25) is 5.13 Å². The molecule has 0 aliphatic carbocycles. The lowest BCUT2D eigenvalue weighted by atomic mass is 10.1. The molecule has 104 valence electrons. The third-order valence-corrected chi connectivity index (χ3v) is 4.18. The Kier molecular flexibility index (Phi) is 4.70. The predicted octanol–water partition coefficient (Wildman–Crippen LogP) is 2.28. The van der Waals surface area contributed by atoms with Gasteiger partial charge in [0.25, 0.3) is 5.91 Å².